The Morgan fingerprint density at radius 1 is 1.19 bits per heavy atom. The van der Waals surface area contributed by atoms with Crippen LogP contribution in [0.1, 0.15) is 30.8 Å². The second-order valence-electron chi connectivity index (χ2n) is 6.82. The van der Waals surface area contributed by atoms with E-state index in [4.69, 9.17) is 4.74 Å². The van der Waals surface area contributed by atoms with Gasteiger partial charge in [0.1, 0.15) is 11.4 Å². The fraction of sp³-hybridized carbons (Fsp3) is 0.368. The van der Waals surface area contributed by atoms with Gasteiger partial charge in [0, 0.05) is 23.6 Å². The summed E-state index contributed by atoms with van der Waals surface area (Å²) in [5.41, 5.74) is 1.57. The van der Waals surface area contributed by atoms with Crippen LogP contribution in [0.5, 0.6) is 5.75 Å². The first-order valence-electron chi connectivity index (χ1n) is 8.82. The summed E-state index contributed by atoms with van der Waals surface area (Å²) in [6.07, 6.45) is 2.18. The zero-order valence-corrected chi connectivity index (χ0v) is 16.1. The highest BCUT2D eigenvalue weighted by Crippen LogP contribution is 2.20. The smallest absolute Gasteiger partial charge is 0.274 e. The van der Waals surface area contributed by atoms with Crippen LogP contribution in [-0.4, -0.2) is 43.0 Å². The van der Waals surface area contributed by atoms with Gasteiger partial charge >= 0.3 is 0 Å². The van der Waals surface area contributed by atoms with Crippen molar-refractivity contribution in [2.75, 3.05) is 22.1 Å². The van der Waals surface area contributed by atoms with Gasteiger partial charge in [-0.05, 0) is 56.7 Å². The van der Waals surface area contributed by atoms with E-state index in [0.29, 0.717) is 17.8 Å². The van der Waals surface area contributed by atoms with E-state index in [-0.39, 0.29) is 35.3 Å². The number of rotatable bonds is 6. The first kappa shape index (κ1) is 19.2. The quantitative estimate of drug-likeness (QED) is 0.788. The summed E-state index contributed by atoms with van der Waals surface area (Å²) in [5.74, 6) is 0.704. The normalized spacial score (nSPS) is 18.3. The Morgan fingerprint density at radius 3 is 2.56 bits per heavy atom. The van der Waals surface area contributed by atoms with E-state index in [1.165, 1.54) is 6.20 Å². The fourth-order valence-electron chi connectivity index (χ4n) is 2.87. The van der Waals surface area contributed by atoms with Gasteiger partial charge < -0.3 is 15.4 Å². The average Bonchev–Trinajstić information content (AvgIpc) is 2.95. The second-order valence-corrected chi connectivity index (χ2v) is 9.05. The summed E-state index contributed by atoms with van der Waals surface area (Å²) in [4.78, 5) is 16.5. The van der Waals surface area contributed by atoms with Crippen molar-refractivity contribution in [3.63, 3.8) is 0 Å². The van der Waals surface area contributed by atoms with Gasteiger partial charge in [-0.1, -0.05) is 0 Å². The monoisotopic (exact) mass is 389 g/mol. The van der Waals surface area contributed by atoms with Gasteiger partial charge in [0.2, 0.25) is 0 Å². The number of amides is 1. The molecule has 0 aliphatic carbocycles. The molecule has 1 aromatic heterocycles. The topological polar surface area (TPSA) is 97.4 Å². The number of hydrogen-bond acceptors (Lipinski definition) is 6. The molecule has 1 aliphatic heterocycles. The molecule has 1 fully saturated rings. The lowest BCUT2D eigenvalue weighted by atomic mass is 10.2. The molecular formula is C19H23N3O4S. The number of carbonyl (C=O) groups is 1. The maximum atomic E-state index is 12.4. The lowest BCUT2D eigenvalue weighted by Gasteiger charge is -2.13. The van der Waals surface area contributed by atoms with E-state index in [0.717, 1.165) is 5.75 Å². The number of aromatic nitrogens is 1. The molecule has 1 saturated heterocycles. The number of ether oxygens (including phenoxy) is 1. The molecule has 1 atom stereocenters. The van der Waals surface area contributed by atoms with Gasteiger partial charge in [-0.3, -0.25) is 9.78 Å². The van der Waals surface area contributed by atoms with E-state index >= 15 is 0 Å². The molecule has 2 heterocycles. The Morgan fingerprint density at radius 2 is 1.93 bits per heavy atom. The number of nitrogens with zero attached hydrogens (tertiary/aromatic N) is 1. The number of sulfone groups is 1. The third kappa shape index (κ3) is 5.43. The standard InChI is InChI=1S/C19H23N3O4S/c1-13(2)26-17-5-3-14(4-6-17)22-19(23)18-11-15(7-9-20-18)21-16-8-10-27(24,25)12-16/h3-7,9,11,13,16H,8,10,12H2,1-2H3,(H,20,21)(H,22,23). The molecule has 0 radical (unpaired) electrons. The molecule has 1 unspecified atom stereocenters. The minimum atomic E-state index is -2.96. The number of hydrogen-bond donors (Lipinski definition) is 2. The van der Waals surface area contributed by atoms with E-state index in [1.54, 1.807) is 36.4 Å². The Balaban J connectivity index is 1.63. The first-order chi connectivity index (χ1) is 12.8. The molecule has 2 aromatic rings. The summed E-state index contributed by atoms with van der Waals surface area (Å²) in [5, 5.41) is 5.96. The fourth-order valence-corrected chi connectivity index (χ4v) is 4.55. The van der Waals surface area contributed by atoms with Gasteiger partial charge in [-0.25, -0.2) is 8.42 Å². The first-order valence-corrected chi connectivity index (χ1v) is 10.6. The average molecular weight is 389 g/mol. The Bertz CT molecular complexity index is 911. The molecule has 0 bridgehead atoms. The summed E-state index contributed by atoms with van der Waals surface area (Å²) in [6, 6.07) is 10.3. The third-order valence-electron chi connectivity index (χ3n) is 4.08. The van der Waals surface area contributed by atoms with Crippen molar-refractivity contribution in [1.29, 1.82) is 0 Å². The third-order valence-corrected chi connectivity index (χ3v) is 5.85. The lowest BCUT2D eigenvalue weighted by Crippen LogP contribution is -2.21. The van der Waals surface area contributed by atoms with Crippen LogP contribution in [0, 0.1) is 0 Å². The Labute approximate surface area is 159 Å². The molecule has 0 spiro atoms. The van der Waals surface area contributed by atoms with E-state index in [1.807, 2.05) is 13.8 Å². The number of nitrogens with one attached hydrogen (secondary N) is 2. The molecule has 1 amide bonds. The second kappa shape index (κ2) is 7.96. The Kier molecular flexibility index (Phi) is 5.65. The molecule has 7 nitrogen and oxygen atoms in total. The van der Waals surface area contributed by atoms with Crippen molar-refractivity contribution < 1.29 is 17.9 Å². The molecule has 144 valence electrons. The van der Waals surface area contributed by atoms with Gasteiger partial charge in [-0.15, -0.1) is 0 Å². The Hall–Kier alpha value is -2.61. The molecule has 1 aliphatic rings. The zero-order valence-electron chi connectivity index (χ0n) is 15.3. The number of anilines is 2. The van der Waals surface area contributed by atoms with Gasteiger partial charge in [0.25, 0.3) is 5.91 Å². The van der Waals surface area contributed by atoms with Crippen LogP contribution in [-0.2, 0) is 9.84 Å². The van der Waals surface area contributed by atoms with Crippen molar-refractivity contribution >= 4 is 27.1 Å². The van der Waals surface area contributed by atoms with Crippen LogP contribution in [0.2, 0.25) is 0 Å². The van der Waals surface area contributed by atoms with Crippen LogP contribution in [0.3, 0.4) is 0 Å². The molecule has 0 saturated carbocycles. The van der Waals surface area contributed by atoms with E-state index in [2.05, 4.69) is 15.6 Å². The summed E-state index contributed by atoms with van der Waals surface area (Å²) < 4.78 is 28.7. The number of pyridine rings is 1. The molecule has 27 heavy (non-hydrogen) atoms. The van der Waals surface area contributed by atoms with Crippen molar-refractivity contribution in [3.05, 3.63) is 48.3 Å². The zero-order chi connectivity index (χ0) is 19.4. The number of benzene rings is 1. The molecule has 8 heteroatoms. The lowest BCUT2D eigenvalue weighted by molar-refractivity contribution is 0.102. The molecule has 1 aromatic carbocycles. The van der Waals surface area contributed by atoms with E-state index < -0.39 is 9.84 Å². The van der Waals surface area contributed by atoms with Crippen LogP contribution in [0.15, 0.2) is 42.6 Å². The van der Waals surface area contributed by atoms with Crippen molar-refractivity contribution in [2.24, 2.45) is 0 Å². The van der Waals surface area contributed by atoms with Crippen LogP contribution < -0.4 is 15.4 Å². The maximum absolute atomic E-state index is 12.4. The summed E-state index contributed by atoms with van der Waals surface area (Å²) >= 11 is 0. The maximum Gasteiger partial charge on any atom is 0.274 e. The summed E-state index contributed by atoms with van der Waals surface area (Å²) in [7, 11) is -2.96. The van der Waals surface area contributed by atoms with Crippen LogP contribution in [0.25, 0.3) is 0 Å². The minimum absolute atomic E-state index is 0.0831. The van der Waals surface area contributed by atoms with Crippen molar-refractivity contribution in [3.8, 4) is 5.75 Å². The van der Waals surface area contributed by atoms with E-state index in [9.17, 15) is 13.2 Å². The van der Waals surface area contributed by atoms with Gasteiger partial charge in [-0.2, -0.15) is 0 Å². The van der Waals surface area contributed by atoms with Crippen molar-refractivity contribution in [1.82, 2.24) is 4.98 Å². The van der Waals surface area contributed by atoms with Crippen LogP contribution in [0.4, 0.5) is 11.4 Å². The minimum Gasteiger partial charge on any atom is -0.491 e. The predicted molar refractivity (Wildman–Crippen MR) is 105 cm³/mol. The number of carbonyl (C=O) groups excluding carboxylic acids is 1. The predicted octanol–water partition coefficient (Wildman–Crippen LogP) is 2.72. The molecule has 3 rings (SSSR count). The SMILES string of the molecule is CC(C)Oc1ccc(NC(=O)c2cc(NC3CCS(=O)(=O)C3)ccn2)cc1. The highest BCUT2D eigenvalue weighted by molar-refractivity contribution is 7.91. The summed E-state index contributed by atoms with van der Waals surface area (Å²) in [6.45, 7) is 3.90. The van der Waals surface area contributed by atoms with Gasteiger partial charge in [0.05, 0.1) is 17.6 Å². The van der Waals surface area contributed by atoms with Crippen molar-refractivity contribution in [2.45, 2.75) is 32.4 Å². The van der Waals surface area contributed by atoms with Gasteiger partial charge in [0.15, 0.2) is 9.84 Å². The highest BCUT2D eigenvalue weighted by atomic mass is 32.2. The largest absolute Gasteiger partial charge is 0.491 e. The highest BCUT2D eigenvalue weighted by Gasteiger charge is 2.27. The van der Waals surface area contributed by atoms with Crippen LogP contribution >= 0.6 is 0 Å². The molecular weight excluding hydrogens is 366 g/mol. The molecule has 2 N–H and O–H groups in total.